The van der Waals surface area contributed by atoms with Gasteiger partial charge in [0.15, 0.2) is 0 Å². The molecule has 3 rings (SSSR count). The summed E-state index contributed by atoms with van der Waals surface area (Å²) in [6.07, 6.45) is 7.34. The molecule has 1 N–H and O–H groups in total. The summed E-state index contributed by atoms with van der Waals surface area (Å²) in [5, 5.41) is 3.59. The van der Waals surface area contributed by atoms with E-state index in [9.17, 15) is 0 Å². The summed E-state index contributed by atoms with van der Waals surface area (Å²) in [5.41, 5.74) is 0. The highest BCUT2D eigenvalue weighted by atomic mass is 35.5. The zero-order chi connectivity index (χ0) is 11.0. The molecule has 2 aliphatic carbocycles. The van der Waals surface area contributed by atoms with Crippen LogP contribution in [-0.2, 0) is 0 Å². The Bertz CT molecular complexity index is 386. The molecule has 0 amide bonds. The van der Waals surface area contributed by atoms with Crippen LogP contribution in [0.15, 0.2) is 0 Å². The third kappa shape index (κ3) is 2.26. The van der Waals surface area contributed by atoms with Crippen molar-refractivity contribution in [2.75, 3.05) is 5.32 Å². The summed E-state index contributed by atoms with van der Waals surface area (Å²) in [6.45, 7) is 0. The first-order valence-corrected chi connectivity index (χ1v) is 6.37. The highest BCUT2D eigenvalue weighted by molar-refractivity contribution is 6.28. The average molecular weight is 239 g/mol. The second-order valence-electron chi connectivity index (χ2n) is 4.69. The van der Waals surface area contributed by atoms with Gasteiger partial charge in [0.1, 0.15) is 5.82 Å². The lowest BCUT2D eigenvalue weighted by Gasteiger charge is -2.09. The maximum Gasteiger partial charge on any atom is 0.227 e. The number of rotatable bonds is 3. The summed E-state index contributed by atoms with van der Waals surface area (Å²) in [7, 11) is 0. The topological polar surface area (TPSA) is 50.7 Å². The molecule has 2 fully saturated rings. The Morgan fingerprint density at radius 2 is 1.75 bits per heavy atom. The first kappa shape index (κ1) is 10.3. The van der Waals surface area contributed by atoms with Crippen molar-refractivity contribution < 1.29 is 0 Å². The zero-order valence-electron chi connectivity index (χ0n) is 9.12. The van der Waals surface area contributed by atoms with Crippen LogP contribution in [-0.4, -0.2) is 21.0 Å². The molecule has 0 saturated heterocycles. The van der Waals surface area contributed by atoms with E-state index in [4.69, 9.17) is 11.6 Å². The molecule has 4 nitrogen and oxygen atoms in total. The molecule has 16 heavy (non-hydrogen) atoms. The zero-order valence-corrected chi connectivity index (χ0v) is 9.87. The second-order valence-corrected chi connectivity index (χ2v) is 5.02. The Hall–Kier alpha value is -0.900. The standard InChI is InChI=1S/C11H15ClN4/c12-10-14-9(7-3-1-2-4-7)15-11(16-10)13-8-5-6-8/h7-8H,1-6H2,(H,13,14,15,16). The van der Waals surface area contributed by atoms with Gasteiger partial charge in [0.25, 0.3) is 0 Å². The van der Waals surface area contributed by atoms with Gasteiger partial charge in [-0.15, -0.1) is 0 Å². The van der Waals surface area contributed by atoms with Gasteiger partial charge in [0.2, 0.25) is 11.2 Å². The lowest BCUT2D eigenvalue weighted by Crippen LogP contribution is -2.10. The molecule has 0 unspecified atom stereocenters. The number of halogens is 1. The smallest absolute Gasteiger partial charge is 0.227 e. The van der Waals surface area contributed by atoms with Crippen LogP contribution in [0, 0.1) is 0 Å². The maximum absolute atomic E-state index is 5.93. The van der Waals surface area contributed by atoms with Gasteiger partial charge in [-0.1, -0.05) is 12.8 Å². The van der Waals surface area contributed by atoms with Crippen LogP contribution in [0.1, 0.15) is 50.3 Å². The SMILES string of the molecule is Clc1nc(NC2CC2)nc(C2CCCC2)n1. The number of nitrogens with zero attached hydrogens (tertiary/aromatic N) is 3. The van der Waals surface area contributed by atoms with E-state index in [-0.39, 0.29) is 0 Å². The third-order valence-electron chi connectivity index (χ3n) is 3.26. The maximum atomic E-state index is 5.93. The lowest BCUT2D eigenvalue weighted by molar-refractivity contribution is 0.662. The number of nitrogens with one attached hydrogen (secondary N) is 1. The van der Waals surface area contributed by atoms with Crippen molar-refractivity contribution in [2.45, 2.75) is 50.5 Å². The summed E-state index contributed by atoms with van der Waals surface area (Å²) >= 11 is 5.93. The predicted octanol–water partition coefficient (Wildman–Crippen LogP) is 2.76. The van der Waals surface area contributed by atoms with Crippen LogP contribution >= 0.6 is 11.6 Å². The van der Waals surface area contributed by atoms with E-state index in [1.807, 2.05) is 0 Å². The van der Waals surface area contributed by atoms with Gasteiger partial charge in [0.05, 0.1) is 0 Å². The molecular weight excluding hydrogens is 224 g/mol. The number of anilines is 1. The Morgan fingerprint density at radius 3 is 2.44 bits per heavy atom. The molecule has 1 aromatic rings. The normalized spacial score (nSPS) is 21.3. The Balaban J connectivity index is 1.82. The van der Waals surface area contributed by atoms with Crippen LogP contribution in [0.2, 0.25) is 5.28 Å². The first-order chi connectivity index (χ1) is 7.81. The molecule has 86 valence electrons. The van der Waals surface area contributed by atoms with Crippen LogP contribution in [0.3, 0.4) is 0 Å². The minimum absolute atomic E-state index is 0.319. The first-order valence-electron chi connectivity index (χ1n) is 5.99. The van der Waals surface area contributed by atoms with E-state index in [1.165, 1.54) is 38.5 Å². The summed E-state index contributed by atoms with van der Waals surface area (Å²) in [5.74, 6) is 2.02. The fourth-order valence-corrected chi connectivity index (χ4v) is 2.37. The third-order valence-corrected chi connectivity index (χ3v) is 3.43. The van der Waals surface area contributed by atoms with Gasteiger partial charge in [-0.3, -0.25) is 0 Å². The minimum atomic E-state index is 0.319. The van der Waals surface area contributed by atoms with Gasteiger partial charge < -0.3 is 5.32 Å². The Kier molecular flexibility index (Phi) is 2.67. The molecular formula is C11H15ClN4. The monoisotopic (exact) mass is 238 g/mol. The molecule has 2 saturated carbocycles. The van der Waals surface area contributed by atoms with Crippen molar-refractivity contribution in [2.24, 2.45) is 0 Å². The van der Waals surface area contributed by atoms with Gasteiger partial charge in [-0.05, 0) is 37.3 Å². The van der Waals surface area contributed by atoms with Crippen molar-refractivity contribution in [3.05, 3.63) is 11.1 Å². The molecule has 0 radical (unpaired) electrons. The summed E-state index contributed by atoms with van der Waals surface area (Å²) in [4.78, 5) is 12.8. The molecule has 0 spiro atoms. The van der Waals surface area contributed by atoms with Crippen molar-refractivity contribution in [1.29, 1.82) is 0 Å². The molecule has 0 atom stereocenters. The average Bonchev–Trinajstić information content (AvgIpc) is 2.90. The lowest BCUT2D eigenvalue weighted by atomic mass is 10.1. The number of hydrogen-bond donors (Lipinski definition) is 1. The largest absolute Gasteiger partial charge is 0.351 e. The number of hydrogen-bond acceptors (Lipinski definition) is 4. The van der Waals surface area contributed by atoms with Gasteiger partial charge in [-0.2, -0.15) is 9.97 Å². The highest BCUT2D eigenvalue weighted by Crippen LogP contribution is 2.33. The minimum Gasteiger partial charge on any atom is -0.351 e. The van der Waals surface area contributed by atoms with Crippen LogP contribution in [0.5, 0.6) is 0 Å². The Morgan fingerprint density at radius 1 is 1.00 bits per heavy atom. The van der Waals surface area contributed by atoms with E-state index in [0.29, 0.717) is 23.2 Å². The van der Waals surface area contributed by atoms with E-state index in [2.05, 4.69) is 20.3 Å². The molecule has 2 aliphatic rings. The van der Waals surface area contributed by atoms with E-state index < -0.39 is 0 Å². The molecule has 1 aromatic heterocycles. The molecule has 0 aromatic carbocycles. The van der Waals surface area contributed by atoms with Crippen LogP contribution in [0.4, 0.5) is 5.95 Å². The molecule has 0 aliphatic heterocycles. The number of aromatic nitrogens is 3. The molecule has 5 heteroatoms. The van der Waals surface area contributed by atoms with Crippen molar-refractivity contribution in [1.82, 2.24) is 15.0 Å². The fraction of sp³-hybridized carbons (Fsp3) is 0.727. The quantitative estimate of drug-likeness (QED) is 0.880. The Labute approximate surface area is 99.9 Å². The van der Waals surface area contributed by atoms with E-state index in [1.54, 1.807) is 0 Å². The van der Waals surface area contributed by atoms with Gasteiger partial charge in [-0.25, -0.2) is 4.98 Å². The van der Waals surface area contributed by atoms with Crippen LogP contribution in [0.25, 0.3) is 0 Å². The summed E-state index contributed by atoms with van der Waals surface area (Å²) in [6, 6.07) is 0.551. The van der Waals surface area contributed by atoms with Crippen molar-refractivity contribution >= 4 is 17.5 Å². The van der Waals surface area contributed by atoms with Crippen LogP contribution < -0.4 is 5.32 Å². The summed E-state index contributed by atoms with van der Waals surface area (Å²) < 4.78 is 0. The van der Waals surface area contributed by atoms with Crippen molar-refractivity contribution in [3.63, 3.8) is 0 Å². The van der Waals surface area contributed by atoms with Gasteiger partial charge in [0, 0.05) is 12.0 Å². The predicted molar refractivity (Wildman–Crippen MR) is 62.7 cm³/mol. The van der Waals surface area contributed by atoms with Crippen molar-refractivity contribution in [3.8, 4) is 0 Å². The highest BCUT2D eigenvalue weighted by Gasteiger charge is 2.24. The molecule has 1 heterocycles. The fourth-order valence-electron chi connectivity index (χ4n) is 2.21. The molecule has 0 bridgehead atoms. The second kappa shape index (κ2) is 4.17. The van der Waals surface area contributed by atoms with E-state index >= 15 is 0 Å². The van der Waals surface area contributed by atoms with Gasteiger partial charge >= 0.3 is 0 Å². The van der Waals surface area contributed by atoms with E-state index in [0.717, 1.165) is 5.82 Å².